The van der Waals surface area contributed by atoms with E-state index in [9.17, 15) is 17.6 Å². The molecule has 0 N–H and O–H groups in total. The fourth-order valence-corrected chi connectivity index (χ4v) is 6.10. The van der Waals surface area contributed by atoms with Gasteiger partial charge in [0.05, 0.1) is 19.0 Å². The van der Waals surface area contributed by atoms with Crippen molar-refractivity contribution in [3.05, 3.63) is 35.6 Å². The van der Waals surface area contributed by atoms with Crippen LogP contribution >= 0.6 is 0 Å². The van der Waals surface area contributed by atoms with E-state index in [1.807, 2.05) is 4.90 Å². The number of nitrogens with zero attached hydrogens (tertiary/aromatic N) is 2. The highest BCUT2D eigenvalue weighted by molar-refractivity contribution is 7.88. The van der Waals surface area contributed by atoms with E-state index in [2.05, 4.69) is 0 Å². The maximum absolute atomic E-state index is 13.9. The van der Waals surface area contributed by atoms with Gasteiger partial charge in [-0.25, -0.2) is 17.1 Å². The van der Waals surface area contributed by atoms with Gasteiger partial charge in [-0.1, -0.05) is 18.2 Å². The molecule has 0 spiro atoms. The summed E-state index contributed by atoms with van der Waals surface area (Å²) >= 11 is 0. The number of morpholine rings is 1. The number of sulfonamides is 1. The third-order valence-corrected chi connectivity index (χ3v) is 7.97. The van der Waals surface area contributed by atoms with E-state index in [0.717, 1.165) is 12.8 Å². The zero-order chi connectivity index (χ0) is 19.0. The van der Waals surface area contributed by atoms with E-state index in [1.165, 1.54) is 16.4 Å². The summed E-state index contributed by atoms with van der Waals surface area (Å²) in [6, 6.07) is 5.98. The fraction of sp³-hybridized carbons (Fsp3) is 0.632. The van der Waals surface area contributed by atoms with Crippen molar-refractivity contribution in [1.29, 1.82) is 0 Å². The first-order valence-corrected chi connectivity index (χ1v) is 11.1. The maximum Gasteiger partial charge on any atom is 0.226 e. The summed E-state index contributed by atoms with van der Waals surface area (Å²) in [4.78, 5) is 14.6. The Bertz CT molecular complexity index is 810. The van der Waals surface area contributed by atoms with Gasteiger partial charge in [-0.05, 0) is 30.7 Å². The number of ether oxygens (including phenoxy) is 1. The minimum Gasteiger partial charge on any atom is -0.378 e. The van der Waals surface area contributed by atoms with Crippen molar-refractivity contribution < 1.29 is 22.3 Å². The SMILES string of the molecule is O=C([C@@H]1C[C@H]2CCN(S(=O)(=O)Cc3ccccc3F)C[C@H]21)N1CCOCC1. The zero-order valence-electron chi connectivity index (χ0n) is 15.2. The summed E-state index contributed by atoms with van der Waals surface area (Å²) in [5.74, 6) is -0.309. The molecule has 3 aliphatic rings. The van der Waals surface area contributed by atoms with Crippen LogP contribution in [0.2, 0.25) is 0 Å². The molecule has 6 nitrogen and oxygen atoms in total. The van der Waals surface area contributed by atoms with E-state index in [-0.39, 0.29) is 29.1 Å². The fourth-order valence-electron chi connectivity index (χ4n) is 4.51. The molecule has 1 aromatic carbocycles. The monoisotopic (exact) mass is 396 g/mol. The number of carbonyl (C=O) groups is 1. The van der Waals surface area contributed by atoms with Gasteiger partial charge in [0.15, 0.2) is 0 Å². The first kappa shape index (κ1) is 18.8. The number of fused-ring (bicyclic) bond motifs is 1. The van der Waals surface area contributed by atoms with E-state index in [0.29, 0.717) is 45.3 Å². The molecule has 1 aliphatic carbocycles. The van der Waals surface area contributed by atoms with Crippen molar-refractivity contribution in [1.82, 2.24) is 9.21 Å². The second-order valence-electron chi connectivity index (χ2n) is 7.70. The molecule has 3 atom stereocenters. The second-order valence-corrected chi connectivity index (χ2v) is 9.67. The third-order valence-electron chi connectivity index (χ3n) is 6.17. The number of hydrogen-bond donors (Lipinski definition) is 0. The van der Waals surface area contributed by atoms with Gasteiger partial charge >= 0.3 is 0 Å². The minimum absolute atomic E-state index is 0.0736. The van der Waals surface area contributed by atoms with Crippen molar-refractivity contribution in [2.45, 2.75) is 18.6 Å². The lowest BCUT2D eigenvalue weighted by atomic mass is 9.61. The standard InChI is InChI=1S/C19H25FN2O4S/c20-18-4-2-1-3-15(18)13-27(24,25)22-6-5-14-11-16(17(14)12-22)19(23)21-7-9-26-10-8-21/h1-4,14,16-17H,5-13H2/t14-,16-,17-/m1/s1. The first-order valence-electron chi connectivity index (χ1n) is 9.53. The molecule has 3 fully saturated rings. The molecule has 2 heterocycles. The highest BCUT2D eigenvalue weighted by Crippen LogP contribution is 2.47. The molecule has 0 radical (unpaired) electrons. The van der Waals surface area contributed by atoms with Crippen molar-refractivity contribution in [3.8, 4) is 0 Å². The van der Waals surface area contributed by atoms with Crippen LogP contribution in [0.25, 0.3) is 0 Å². The molecule has 0 unspecified atom stereocenters. The minimum atomic E-state index is -3.61. The smallest absolute Gasteiger partial charge is 0.226 e. The topological polar surface area (TPSA) is 66.9 Å². The summed E-state index contributed by atoms with van der Waals surface area (Å²) in [6.07, 6.45) is 1.62. The zero-order valence-corrected chi connectivity index (χ0v) is 16.0. The molecular weight excluding hydrogens is 371 g/mol. The third kappa shape index (κ3) is 3.75. The summed E-state index contributed by atoms with van der Waals surface area (Å²) in [7, 11) is -3.61. The number of rotatable bonds is 4. The van der Waals surface area contributed by atoms with Gasteiger partial charge in [0, 0.05) is 37.7 Å². The molecule has 2 aliphatic heterocycles. The molecule has 1 aromatic rings. The van der Waals surface area contributed by atoms with Crippen LogP contribution in [0, 0.1) is 23.6 Å². The lowest BCUT2D eigenvalue weighted by molar-refractivity contribution is -0.150. The molecule has 4 rings (SSSR count). The molecule has 0 aromatic heterocycles. The highest BCUT2D eigenvalue weighted by Gasteiger charge is 2.50. The number of carbonyl (C=O) groups excluding carboxylic acids is 1. The number of halogens is 1. The average molecular weight is 396 g/mol. The Labute approximate surface area is 159 Å². The van der Waals surface area contributed by atoms with Gasteiger partial charge in [0.2, 0.25) is 15.9 Å². The van der Waals surface area contributed by atoms with Crippen LogP contribution in [0.5, 0.6) is 0 Å². The molecular formula is C19H25FN2O4S. The first-order chi connectivity index (χ1) is 13.0. The molecule has 1 amide bonds. The lowest BCUT2D eigenvalue weighted by Crippen LogP contribution is -2.57. The molecule has 0 bridgehead atoms. The lowest BCUT2D eigenvalue weighted by Gasteiger charge is -2.51. The number of amides is 1. The van der Waals surface area contributed by atoms with E-state index >= 15 is 0 Å². The normalized spacial score (nSPS) is 29.1. The molecule has 2 saturated heterocycles. The average Bonchev–Trinajstić information content (AvgIpc) is 2.65. The summed E-state index contributed by atoms with van der Waals surface area (Å²) in [6.45, 7) is 3.17. The number of benzene rings is 1. The Morgan fingerprint density at radius 2 is 1.93 bits per heavy atom. The summed E-state index contributed by atoms with van der Waals surface area (Å²) in [5, 5.41) is 0. The Hall–Kier alpha value is -1.51. The second kappa shape index (κ2) is 7.48. The van der Waals surface area contributed by atoms with Crippen LogP contribution in [-0.4, -0.2) is 62.9 Å². The Kier molecular flexibility index (Phi) is 5.22. The van der Waals surface area contributed by atoms with Crippen LogP contribution in [0.4, 0.5) is 4.39 Å². The maximum atomic E-state index is 13.9. The predicted octanol–water partition coefficient (Wildman–Crippen LogP) is 1.47. The summed E-state index contributed by atoms with van der Waals surface area (Å²) in [5.41, 5.74) is 0.189. The van der Waals surface area contributed by atoms with Crippen LogP contribution in [-0.2, 0) is 25.3 Å². The van der Waals surface area contributed by atoms with Gasteiger partial charge in [0.1, 0.15) is 5.82 Å². The van der Waals surface area contributed by atoms with E-state index in [1.54, 1.807) is 12.1 Å². The summed E-state index contributed by atoms with van der Waals surface area (Å²) < 4.78 is 46.2. The quantitative estimate of drug-likeness (QED) is 0.773. The Morgan fingerprint density at radius 1 is 1.19 bits per heavy atom. The van der Waals surface area contributed by atoms with Gasteiger partial charge in [-0.2, -0.15) is 0 Å². The highest BCUT2D eigenvalue weighted by atomic mass is 32.2. The van der Waals surface area contributed by atoms with Crippen molar-refractivity contribution in [2.75, 3.05) is 39.4 Å². The molecule has 8 heteroatoms. The van der Waals surface area contributed by atoms with Gasteiger partial charge in [-0.15, -0.1) is 0 Å². The van der Waals surface area contributed by atoms with E-state index in [4.69, 9.17) is 4.74 Å². The Morgan fingerprint density at radius 3 is 2.67 bits per heavy atom. The van der Waals surface area contributed by atoms with Gasteiger partial charge in [0.25, 0.3) is 0 Å². The predicted molar refractivity (Wildman–Crippen MR) is 97.7 cm³/mol. The van der Waals surface area contributed by atoms with Crippen LogP contribution < -0.4 is 0 Å². The van der Waals surface area contributed by atoms with Crippen LogP contribution in [0.15, 0.2) is 24.3 Å². The van der Waals surface area contributed by atoms with Gasteiger partial charge < -0.3 is 9.64 Å². The van der Waals surface area contributed by atoms with Crippen molar-refractivity contribution in [2.24, 2.45) is 17.8 Å². The van der Waals surface area contributed by atoms with Crippen LogP contribution in [0.1, 0.15) is 18.4 Å². The molecule has 27 heavy (non-hydrogen) atoms. The van der Waals surface area contributed by atoms with E-state index < -0.39 is 15.8 Å². The van der Waals surface area contributed by atoms with Crippen LogP contribution in [0.3, 0.4) is 0 Å². The molecule has 1 saturated carbocycles. The number of piperidine rings is 1. The number of hydrogen-bond acceptors (Lipinski definition) is 4. The molecule has 148 valence electrons. The largest absolute Gasteiger partial charge is 0.378 e. The van der Waals surface area contributed by atoms with Crippen molar-refractivity contribution in [3.63, 3.8) is 0 Å². The Balaban J connectivity index is 1.42. The van der Waals surface area contributed by atoms with Crippen molar-refractivity contribution >= 4 is 15.9 Å². The van der Waals surface area contributed by atoms with Gasteiger partial charge in [-0.3, -0.25) is 4.79 Å².